The fraction of sp³-hybridized carbons (Fsp3) is 0.333. The van der Waals surface area contributed by atoms with Gasteiger partial charge < -0.3 is 10.2 Å². The molecule has 0 aromatic heterocycles. The summed E-state index contributed by atoms with van der Waals surface area (Å²) in [6, 6.07) is 25.0. The molecular formula is C30H33ClN2O2. The minimum Gasteiger partial charge on any atom is -0.352 e. The molecule has 0 heterocycles. The average Bonchev–Trinajstić information content (AvgIpc) is 3.36. The third-order valence-electron chi connectivity index (χ3n) is 6.68. The van der Waals surface area contributed by atoms with Crippen molar-refractivity contribution in [2.45, 2.75) is 64.1 Å². The highest BCUT2D eigenvalue weighted by Crippen LogP contribution is 2.21. The van der Waals surface area contributed by atoms with E-state index in [1.807, 2.05) is 85.8 Å². The quantitative estimate of drug-likeness (QED) is 0.408. The molecule has 1 aliphatic carbocycles. The number of carbonyl (C=O) groups excluding carboxylic acids is 2. The fourth-order valence-electron chi connectivity index (χ4n) is 4.81. The van der Waals surface area contributed by atoms with Gasteiger partial charge in [-0.25, -0.2) is 0 Å². The Hall–Kier alpha value is -3.11. The largest absolute Gasteiger partial charge is 0.352 e. The summed E-state index contributed by atoms with van der Waals surface area (Å²) in [6.07, 6.45) is 4.98. The third kappa shape index (κ3) is 7.19. The lowest BCUT2D eigenvalue weighted by Crippen LogP contribution is -2.52. The van der Waals surface area contributed by atoms with Crippen LogP contribution in [0.5, 0.6) is 0 Å². The lowest BCUT2D eigenvalue weighted by atomic mass is 10.0. The maximum atomic E-state index is 13.8. The summed E-state index contributed by atoms with van der Waals surface area (Å²) >= 11 is 6.10. The Morgan fingerprint density at radius 2 is 1.60 bits per heavy atom. The third-order valence-corrected chi connectivity index (χ3v) is 6.93. The lowest BCUT2D eigenvalue weighted by Gasteiger charge is -2.32. The molecule has 3 aromatic carbocycles. The van der Waals surface area contributed by atoms with Gasteiger partial charge in [-0.3, -0.25) is 9.59 Å². The van der Waals surface area contributed by atoms with Crippen molar-refractivity contribution in [1.82, 2.24) is 10.2 Å². The van der Waals surface area contributed by atoms with Crippen LogP contribution in [0.15, 0.2) is 78.9 Å². The number of aryl methyl sites for hydroxylation is 1. The number of hydrogen-bond acceptors (Lipinski definition) is 2. The van der Waals surface area contributed by atoms with Gasteiger partial charge in [0.15, 0.2) is 0 Å². The van der Waals surface area contributed by atoms with E-state index in [4.69, 9.17) is 11.6 Å². The van der Waals surface area contributed by atoms with Crippen LogP contribution in [0.4, 0.5) is 0 Å². The number of hydrogen-bond donors (Lipinski definition) is 1. The van der Waals surface area contributed by atoms with Gasteiger partial charge in [-0.1, -0.05) is 96.7 Å². The molecular weight excluding hydrogens is 456 g/mol. The SMILES string of the molecule is Cc1cccc(CC(=O)N(Cc2ccc(Cl)cc2)C(Cc2ccccc2)C(=O)NC2CCCC2)c1. The zero-order valence-electron chi connectivity index (χ0n) is 20.3. The first-order chi connectivity index (χ1) is 17.0. The number of halogens is 1. The smallest absolute Gasteiger partial charge is 0.243 e. The molecule has 1 unspecified atom stereocenters. The van der Waals surface area contributed by atoms with E-state index in [1.54, 1.807) is 4.90 Å². The molecule has 1 aliphatic rings. The average molecular weight is 489 g/mol. The summed E-state index contributed by atoms with van der Waals surface area (Å²) in [4.78, 5) is 29.2. The summed E-state index contributed by atoms with van der Waals surface area (Å²) in [6.45, 7) is 2.37. The molecule has 4 nitrogen and oxygen atoms in total. The number of benzene rings is 3. The van der Waals surface area contributed by atoms with Crippen molar-refractivity contribution >= 4 is 23.4 Å². The monoisotopic (exact) mass is 488 g/mol. The Labute approximate surface area is 213 Å². The van der Waals surface area contributed by atoms with Crippen molar-refractivity contribution in [2.24, 2.45) is 0 Å². The van der Waals surface area contributed by atoms with Crippen LogP contribution >= 0.6 is 11.6 Å². The zero-order chi connectivity index (χ0) is 24.6. The molecule has 1 fully saturated rings. The fourth-order valence-corrected chi connectivity index (χ4v) is 4.93. The van der Waals surface area contributed by atoms with Crippen LogP contribution in [-0.4, -0.2) is 28.8 Å². The van der Waals surface area contributed by atoms with Crippen LogP contribution in [0, 0.1) is 6.92 Å². The van der Waals surface area contributed by atoms with E-state index in [0.717, 1.165) is 47.9 Å². The maximum absolute atomic E-state index is 13.8. The van der Waals surface area contributed by atoms with Crippen LogP contribution in [-0.2, 0) is 29.0 Å². The van der Waals surface area contributed by atoms with E-state index in [2.05, 4.69) is 5.32 Å². The van der Waals surface area contributed by atoms with Gasteiger partial charge in [0.05, 0.1) is 6.42 Å². The molecule has 1 saturated carbocycles. The highest BCUT2D eigenvalue weighted by Gasteiger charge is 2.32. The highest BCUT2D eigenvalue weighted by atomic mass is 35.5. The first kappa shape index (κ1) is 25.0. The van der Waals surface area contributed by atoms with Gasteiger partial charge in [-0.2, -0.15) is 0 Å². The number of rotatable bonds is 9. The molecule has 0 spiro atoms. The van der Waals surface area contributed by atoms with E-state index in [1.165, 1.54) is 0 Å². The molecule has 0 saturated heterocycles. The van der Waals surface area contributed by atoms with Crippen molar-refractivity contribution in [3.63, 3.8) is 0 Å². The normalized spacial score (nSPS) is 14.5. The second kappa shape index (κ2) is 12.0. The number of nitrogens with one attached hydrogen (secondary N) is 1. The highest BCUT2D eigenvalue weighted by molar-refractivity contribution is 6.30. The second-order valence-corrected chi connectivity index (χ2v) is 9.95. The number of nitrogens with zero attached hydrogens (tertiary/aromatic N) is 1. The standard InChI is InChI=1S/C30H33ClN2O2/c1-22-8-7-11-25(18-22)20-29(34)33(21-24-14-16-26(31)17-15-24)28(19-23-9-3-2-4-10-23)30(35)32-27-12-5-6-13-27/h2-4,7-11,14-18,27-28H,5-6,12-13,19-21H2,1H3,(H,32,35). The molecule has 5 heteroatoms. The van der Waals surface area contributed by atoms with Crippen molar-refractivity contribution in [2.75, 3.05) is 0 Å². The van der Waals surface area contributed by atoms with E-state index in [0.29, 0.717) is 18.0 Å². The molecule has 0 aliphatic heterocycles. The van der Waals surface area contributed by atoms with Gasteiger partial charge in [-0.05, 0) is 48.6 Å². The Balaban J connectivity index is 1.65. The summed E-state index contributed by atoms with van der Waals surface area (Å²) in [5.74, 6) is -0.139. The van der Waals surface area contributed by atoms with Gasteiger partial charge in [0.25, 0.3) is 0 Å². The van der Waals surface area contributed by atoms with Crippen molar-refractivity contribution < 1.29 is 9.59 Å². The minimum atomic E-state index is -0.606. The predicted molar refractivity (Wildman–Crippen MR) is 141 cm³/mol. The number of carbonyl (C=O) groups is 2. The van der Waals surface area contributed by atoms with E-state index in [-0.39, 0.29) is 24.3 Å². The van der Waals surface area contributed by atoms with Crippen LogP contribution in [0.2, 0.25) is 5.02 Å². The van der Waals surface area contributed by atoms with Crippen LogP contribution < -0.4 is 5.32 Å². The Kier molecular flexibility index (Phi) is 8.59. The minimum absolute atomic E-state index is 0.0620. The summed E-state index contributed by atoms with van der Waals surface area (Å²) in [5, 5.41) is 3.89. The van der Waals surface area contributed by atoms with Crippen LogP contribution in [0.25, 0.3) is 0 Å². The van der Waals surface area contributed by atoms with E-state index >= 15 is 0 Å². The Morgan fingerprint density at radius 1 is 0.914 bits per heavy atom. The van der Waals surface area contributed by atoms with Crippen LogP contribution in [0.1, 0.15) is 47.9 Å². The lowest BCUT2D eigenvalue weighted by molar-refractivity contribution is -0.141. The van der Waals surface area contributed by atoms with Crippen molar-refractivity contribution in [3.8, 4) is 0 Å². The predicted octanol–water partition coefficient (Wildman–Crippen LogP) is 5.89. The topological polar surface area (TPSA) is 49.4 Å². The van der Waals surface area contributed by atoms with Gasteiger partial charge >= 0.3 is 0 Å². The summed E-state index contributed by atoms with van der Waals surface area (Å²) in [7, 11) is 0. The van der Waals surface area contributed by atoms with Gasteiger partial charge in [-0.15, -0.1) is 0 Å². The Bertz CT molecular complexity index is 1120. The molecule has 0 radical (unpaired) electrons. The first-order valence-corrected chi connectivity index (χ1v) is 12.8. The Morgan fingerprint density at radius 3 is 2.29 bits per heavy atom. The molecule has 2 amide bonds. The van der Waals surface area contributed by atoms with Crippen LogP contribution in [0.3, 0.4) is 0 Å². The first-order valence-electron chi connectivity index (χ1n) is 12.4. The zero-order valence-corrected chi connectivity index (χ0v) is 21.0. The molecule has 182 valence electrons. The molecule has 3 aromatic rings. The maximum Gasteiger partial charge on any atom is 0.243 e. The molecule has 1 N–H and O–H groups in total. The van der Waals surface area contributed by atoms with Gasteiger partial charge in [0.1, 0.15) is 6.04 Å². The van der Waals surface area contributed by atoms with Gasteiger partial charge in [0, 0.05) is 24.0 Å². The van der Waals surface area contributed by atoms with E-state index < -0.39 is 6.04 Å². The van der Waals surface area contributed by atoms with Crippen molar-refractivity contribution in [3.05, 3.63) is 106 Å². The molecule has 35 heavy (non-hydrogen) atoms. The van der Waals surface area contributed by atoms with Crippen molar-refractivity contribution in [1.29, 1.82) is 0 Å². The molecule has 1 atom stereocenters. The molecule has 4 rings (SSSR count). The summed E-state index contributed by atoms with van der Waals surface area (Å²) < 4.78 is 0. The second-order valence-electron chi connectivity index (χ2n) is 9.51. The van der Waals surface area contributed by atoms with Gasteiger partial charge in [0.2, 0.25) is 11.8 Å². The number of amides is 2. The summed E-state index contributed by atoms with van der Waals surface area (Å²) in [5.41, 5.74) is 4.03. The molecule has 0 bridgehead atoms. The van der Waals surface area contributed by atoms with E-state index in [9.17, 15) is 9.59 Å².